The second-order valence-corrected chi connectivity index (χ2v) is 4.34. The molecule has 2 rings (SSSR count). The van der Waals surface area contributed by atoms with Crippen molar-refractivity contribution in [2.45, 2.75) is 13.8 Å². The Bertz CT molecular complexity index is 570. The molecule has 0 spiro atoms. The predicted octanol–water partition coefficient (Wildman–Crippen LogP) is 3.70. The minimum atomic E-state index is -0.390. The summed E-state index contributed by atoms with van der Waals surface area (Å²) in [4.78, 5) is 0. The molecular weight excluding hydrogens is 229 g/mol. The molecule has 0 unspecified atom stereocenters. The van der Waals surface area contributed by atoms with Gasteiger partial charge in [0, 0.05) is 5.56 Å². The lowest BCUT2D eigenvalue weighted by Crippen LogP contribution is -1.96. The van der Waals surface area contributed by atoms with E-state index in [1.165, 1.54) is 6.07 Å². The fourth-order valence-corrected chi connectivity index (χ4v) is 2.22. The van der Waals surface area contributed by atoms with E-state index in [1.54, 1.807) is 13.2 Å². The van der Waals surface area contributed by atoms with Crippen LogP contribution in [-0.2, 0) is 0 Å². The molecule has 0 aliphatic carbocycles. The zero-order chi connectivity index (χ0) is 13.3. The highest BCUT2D eigenvalue weighted by molar-refractivity contribution is 5.78. The Morgan fingerprint density at radius 1 is 1.11 bits per heavy atom. The Balaban J connectivity index is 2.62. The summed E-state index contributed by atoms with van der Waals surface area (Å²) in [5.41, 5.74) is 9.60. The zero-order valence-corrected chi connectivity index (χ0v) is 10.8. The number of nitrogen functional groups attached to an aromatic ring is 1. The van der Waals surface area contributed by atoms with Gasteiger partial charge < -0.3 is 10.5 Å². The van der Waals surface area contributed by atoms with Crippen molar-refractivity contribution in [2.24, 2.45) is 0 Å². The quantitative estimate of drug-likeness (QED) is 0.819. The summed E-state index contributed by atoms with van der Waals surface area (Å²) in [6, 6.07) is 8.75. The predicted molar refractivity (Wildman–Crippen MR) is 72.3 cm³/mol. The van der Waals surface area contributed by atoms with E-state index in [9.17, 15) is 4.39 Å². The number of rotatable bonds is 2. The van der Waals surface area contributed by atoms with E-state index < -0.39 is 5.82 Å². The molecule has 0 bridgehead atoms. The molecule has 18 heavy (non-hydrogen) atoms. The summed E-state index contributed by atoms with van der Waals surface area (Å²) in [7, 11) is 1.64. The van der Waals surface area contributed by atoms with Gasteiger partial charge in [-0.05, 0) is 48.7 Å². The zero-order valence-electron chi connectivity index (χ0n) is 10.8. The van der Waals surface area contributed by atoms with E-state index in [0.29, 0.717) is 5.56 Å². The lowest BCUT2D eigenvalue weighted by Gasteiger charge is -2.13. The molecule has 2 nitrogen and oxygen atoms in total. The standard InChI is InChI=1S/C15H16FNO/c1-9-7-11(8-10(2)15(9)18-3)12-5-4-6-13(16)14(12)17/h4-8H,17H2,1-3H3. The third-order valence-electron chi connectivity index (χ3n) is 3.03. The van der Waals surface area contributed by atoms with Crippen LogP contribution in [0.25, 0.3) is 11.1 Å². The fraction of sp³-hybridized carbons (Fsp3) is 0.200. The number of anilines is 1. The summed E-state index contributed by atoms with van der Waals surface area (Å²) in [6.07, 6.45) is 0. The normalized spacial score (nSPS) is 10.4. The second kappa shape index (κ2) is 4.69. The number of hydrogen-bond donors (Lipinski definition) is 1. The van der Waals surface area contributed by atoms with Gasteiger partial charge in [-0.2, -0.15) is 0 Å². The van der Waals surface area contributed by atoms with E-state index in [4.69, 9.17) is 10.5 Å². The molecule has 0 fully saturated rings. The van der Waals surface area contributed by atoms with E-state index in [0.717, 1.165) is 22.4 Å². The maximum atomic E-state index is 13.5. The molecule has 0 aromatic heterocycles. The van der Waals surface area contributed by atoms with Gasteiger partial charge in [-0.1, -0.05) is 12.1 Å². The smallest absolute Gasteiger partial charge is 0.146 e. The van der Waals surface area contributed by atoms with Crippen LogP contribution >= 0.6 is 0 Å². The molecule has 0 aliphatic rings. The topological polar surface area (TPSA) is 35.2 Å². The van der Waals surface area contributed by atoms with E-state index in [2.05, 4.69) is 0 Å². The molecule has 0 atom stereocenters. The Hall–Kier alpha value is -2.03. The Morgan fingerprint density at radius 3 is 2.28 bits per heavy atom. The van der Waals surface area contributed by atoms with Crippen molar-refractivity contribution >= 4 is 5.69 Å². The summed E-state index contributed by atoms with van der Waals surface area (Å²) in [6.45, 7) is 3.93. The maximum Gasteiger partial charge on any atom is 0.146 e. The number of ether oxygens (including phenoxy) is 1. The number of para-hydroxylation sites is 1. The molecule has 2 aromatic rings. The van der Waals surface area contributed by atoms with Crippen molar-refractivity contribution in [3.63, 3.8) is 0 Å². The van der Waals surface area contributed by atoms with Crippen LogP contribution in [0.5, 0.6) is 5.75 Å². The van der Waals surface area contributed by atoms with Crippen LogP contribution in [0.1, 0.15) is 11.1 Å². The van der Waals surface area contributed by atoms with Crippen molar-refractivity contribution in [1.82, 2.24) is 0 Å². The van der Waals surface area contributed by atoms with Crippen LogP contribution in [-0.4, -0.2) is 7.11 Å². The maximum absolute atomic E-state index is 13.5. The van der Waals surface area contributed by atoms with Crippen LogP contribution in [0.3, 0.4) is 0 Å². The van der Waals surface area contributed by atoms with Crippen LogP contribution in [0.4, 0.5) is 10.1 Å². The van der Waals surface area contributed by atoms with Crippen LogP contribution in [0.15, 0.2) is 30.3 Å². The van der Waals surface area contributed by atoms with Gasteiger partial charge in [0.2, 0.25) is 0 Å². The largest absolute Gasteiger partial charge is 0.496 e. The van der Waals surface area contributed by atoms with Gasteiger partial charge in [-0.25, -0.2) is 4.39 Å². The molecule has 0 amide bonds. The Morgan fingerprint density at radius 2 is 1.72 bits per heavy atom. The molecule has 2 N–H and O–H groups in total. The molecule has 0 heterocycles. The molecule has 2 aromatic carbocycles. The minimum absolute atomic E-state index is 0.182. The lowest BCUT2D eigenvalue weighted by atomic mass is 9.98. The molecular formula is C15H16FNO. The average molecular weight is 245 g/mol. The van der Waals surface area contributed by atoms with Crippen molar-refractivity contribution in [1.29, 1.82) is 0 Å². The highest BCUT2D eigenvalue weighted by Crippen LogP contribution is 2.33. The van der Waals surface area contributed by atoms with Crippen molar-refractivity contribution in [3.8, 4) is 16.9 Å². The van der Waals surface area contributed by atoms with Gasteiger partial charge in [0.05, 0.1) is 12.8 Å². The van der Waals surface area contributed by atoms with Gasteiger partial charge in [-0.3, -0.25) is 0 Å². The van der Waals surface area contributed by atoms with E-state index in [1.807, 2.05) is 32.0 Å². The highest BCUT2D eigenvalue weighted by Gasteiger charge is 2.10. The van der Waals surface area contributed by atoms with Crippen LogP contribution in [0.2, 0.25) is 0 Å². The van der Waals surface area contributed by atoms with Crippen LogP contribution < -0.4 is 10.5 Å². The second-order valence-electron chi connectivity index (χ2n) is 4.34. The number of methoxy groups -OCH3 is 1. The first-order valence-corrected chi connectivity index (χ1v) is 5.74. The van der Waals surface area contributed by atoms with Crippen molar-refractivity contribution in [3.05, 3.63) is 47.3 Å². The molecule has 3 heteroatoms. The van der Waals surface area contributed by atoms with Crippen LogP contribution in [0, 0.1) is 19.7 Å². The summed E-state index contributed by atoms with van der Waals surface area (Å²) < 4.78 is 18.8. The van der Waals surface area contributed by atoms with Gasteiger partial charge >= 0.3 is 0 Å². The summed E-state index contributed by atoms with van der Waals surface area (Å²) >= 11 is 0. The molecule has 94 valence electrons. The minimum Gasteiger partial charge on any atom is -0.496 e. The fourth-order valence-electron chi connectivity index (χ4n) is 2.22. The number of aryl methyl sites for hydroxylation is 2. The molecule has 0 saturated heterocycles. The van der Waals surface area contributed by atoms with E-state index in [-0.39, 0.29) is 5.69 Å². The summed E-state index contributed by atoms with van der Waals surface area (Å²) in [5.74, 6) is 0.465. The van der Waals surface area contributed by atoms with Crippen molar-refractivity contribution < 1.29 is 9.13 Å². The van der Waals surface area contributed by atoms with Gasteiger partial charge in [0.25, 0.3) is 0 Å². The third kappa shape index (κ3) is 2.04. The number of hydrogen-bond acceptors (Lipinski definition) is 2. The first-order chi connectivity index (χ1) is 8.54. The van der Waals surface area contributed by atoms with E-state index >= 15 is 0 Å². The molecule has 0 saturated carbocycles. The number of benzene rings is 2. The molecule has 0 radical (unpaired) electrons. The first-order valence-electron chi connectivity index (χ1n) is 5.74. The average Bonchev–Trinajstić information content (AvgIpc) is 2.32. The lowest BCUT2D eigenvalue weighted by molar-refractivity contribution is 0.408. The Labute approximate surface area is 106 Å². The SMILES string of the molecule is COc1c(C)cc(-c2cccc(F)c2N)cc1C. The highest BCUT2D eigenvalue weighted by atomic mass is 19.1. The third-order valence-corrected chi connectivity index (χ3v) is 3.03. The van der Waals surface area contributed by atoms with Gasteiger partial charge in [0.1, 0.15) is 11.6 Å². The number of halogens is 1. The monoisotopic (exact) mass is 245 g/mol. The first kappa shape index (κ1) is 12.4. The van der Waals surface area contributed by atoms with Gasteiger partial charge in [-0.15, -0.1) is 0 Å². The van der Waals surface area contributed by atoms with Crippen molar-refractivity contribution in [2.75, 3.05) is 12.8 Å². The Kier molecular flexibility index (Phi) is 3.24. The van der Waals surface area contributed by atoms with Gasteiger partial charge in [0.15, 0.2) is 0 Å². The summed E-state index contributed by atoms with van der Waals surface area (Å²) in [5, 5.41) is 0. The molecule has 0 aliphatic heterocycles. The number of nitrogens with two attached hydrogens (primary N) is 1.